The summed E-state index contributed by atoms with van der Waals surface area (Å²) in [5.41, 5.74) is -0.162. The van der Waals surface area contributed by atoms with Crippen molar-refractivity contribution in [2.45, 2.75) is 6.92 Å². The van der Waals surface area contributed by atoms with Crippen LogP contribution in [-0.2, 0) is 0 Å². The molecule has 0 radical (unpaired) electrons. The highest BCUT2D eigenvalue weighted by Gasteiger charge is 2.21. The maximum Gasteiger partial charge on any atom is 0.335 e. The number of aromatic carboxylic acids is 1. The van der Waals surface area contributed by atoms with Gasteiger partial charge < -0.3 is 20.2 Å². The normalized spacial score (nSPS) is 15.8. The molecule has 0 unspecified atom stereocenters. The summed E-state index contributed by atoms with van der Waals surface area (Å²) in [6.45, 7) is 5.79. The first-order chi connectivity index (χ1) is 10.0. The van der Waals surface area contributed by atoms with Crippen LogP contribution in [0.2, 0.25) is 0 Å². The maximum atomic E-state index is 13.7. The van der Waals surface area contributed by atoms with Crippen LogP contribution in [0.3, 0.4) is 0 Å². The molecule has 2 amide bonds. The Morgan fingerprint density at radius 3 is 2.48 bits per heavy atom. The summed E-state index contributed by atoms with van der Waals surface area (Å²) in [5.74, 6) is -1.96. The summed E-state index contributed by atoms with van der Waals surface area (Å²) in [6.07, 6.45) is 0. The molecule has 2 N–H and O–H groups in total. The van der Waals surface area contributed by atoms with Crippen molar-refractivity contribution in [3.05, 3.63) is 29.6 Å². The molecule has 1 aromatic rings. The van der Waals surface area contributed by atoms with Crippen molar-refractivity contribution in [3.8, 4) is 0 Å². The number of likely N-dealkylation sites (N-methyl/N-ethyl adjacent to an activating group) is 1. The number of halogens is 1. The zero-order chi connectivity index (χ0) is 15.4. The number of carbonyl (C=O) groups is 2. The highest BCUT2D eigenvalue weighted by atomic mass is 19.1. The van der Waals surface area contributed by atoms with Crippen LogP contribution in [0.1, 0.15) is 17.3 Å². The second kappa shape index (κ2) is 6.53. The van der Waals surface area contributed by atoms with Gasteiger partial charge in [0.1, 0.15) is 5.82 Å². The van der Waals surface area contributed by atoms with Gasteiger partial charge in [0.05, 0.1) is 11.3 Å². The Kier molecular flexibility index (Phi) is 4.74. The van der Waals surface area contributed by atoms with Gasteiger partial charge in [-0.15, -0.1) is 0 Å². The molecular weight excluding hydrogens is 277 g/mol. The lowest BCUT2D eigenvalue weighted by Crippen LogP contribution is -2.49. The van der Waals surface area contributed by atoms with Crippen molar-refractivity contribution in [1.82, 2.24) is 9.80 Å². The van der Waals surface area contributed by atoms with Gasteiger partial charge in [-0.2, -0.15) is 0 Å². The molecule has 114 valence electrons. The molecule has 1 saturated heterocycles. The van der Waals surface area contributed by atoms with Gasteiger partial charge in [0.25, 0.3) is 0 Å². The van der Waals surface area contributed by atoms with Gasteiger partial charge >= 0.3 is 12.0 Å². The van der Waals surface area contributed by atoms with E-state index in [1.807, 2.05) is 0 Å². The summed E-state index contributed by atoms with van der Waals surface area (Å²) in [4.78, 5) is 26.6. The van der Waals surface area contributed by atoms with Crippen molar-refractivity contribution >= 4 is 17.7 Å². The lowest BCUT2D eigenvalue weighted by Gasteiger charge is -2.34. The van der Waals surface area contributed by atoms with Crippen molar-refractivity contribution in [3.63, 3.8) is 0 Å². The lowest BCUT2D eigenvalue weighted by molar-refractivity contribution is 0.0696. The molecule has 0 bridgehead atoms. The van der Waals surface area contributed by atoms with Crippen molar-refractivity contribution in [2.24, 2.45) is 0 Å². The van der Waals surface area contributed by atoms with Gasteiger partial charge in [0, 0.05) is 26.2 Å². The number of amides is 2. The number of piperazine rings is 1. The van der Waals surface area contributed by atoms with Crippen LogP contribution in [0.5, 0.6) is 0 Å². The first-order valence-corrected chi connectivity index (χ1v) is 6.82. The number of hydrogen-bond donors (Lipinski definition) is 2. The van der Waals surface area contributed by atoms with E-state index in [1.54, 1.807) is 4.90 Å². The molecule has 0 saturated carbocycles. The molecule has 0 aliphatic carbocycles. The second-order valence-corrected chi connectivity index (χ2v) is 4.85. The standard InChI is InChI=1S/C14H18FN3O3/c1-2-17-5-7-18(8-6-17)14(21)16-12-4-3-10(13(19)20)9-11(12)15/h3-4,9H,2,5-8H2,1H3,(H,16,21)(H,19,20). The minimum absolute atomic E-state index is 0.0112. The molecule has 0 aromatic heterocycles. The number of carbonyl (C=O) groups excluding carboxylic acids is 1. The number of carboxylic acids is 1. The van der Waals surface area contributed by atoms with Crippen LogP contribution in [0.4, 0.5) is 14.9 Å². The van der Waals surface area contributed by atoms with E-state index in [2.05, 4.69) is 17.1 Å². The third kappa shape index (κ3) is 3.69. The molecule has 1 aromatic carbocycles. The smallest absolute Gasteiger partial charge is 0.335 e. The Morgan fingerprint density at radius 1 is 1.29 bits per heavy atom. The van der Waals surface area contributed by atoms with Gasteiger partial charge in [-0.1, -0.05) is 6.92 Å². The SMILES string of the molecule is CCN1CCN(C(=O)Nc2ccc(C(=O)O)cc2F)CC1. The molecular formula is C14H18FN3O3. The fourth-order valence-electron chi connectivity index (χ4n) is 2.21. The summed E-state index contributed by atoms with van der Waals surface area (Å²) in [5, 5.41) is 11.2. The predicted octanol–water partition coefficient (Wildman–Crippen LogP) is 1.69. The van der Waals surface area contributed by atoms with E-state index in [0.717, 1.165) is 25.7 Å². The van der Waals surface area contributed by atoms with E-state index in [1.165, 1.54) is 12.1 Å². The number of hydrogen-bond acceptors (Lipinski definition) is 3. The summed E-state index contributed by atoms with van der Waals surface area (Å²) in [6, 6.07) is 3.05. The largest absolute Gasteiger partial charge is 0.478 e. The molecule has 21 heavy (non-hydrogen) atoms. The Morgan fingerprint density at radius 2 is 1.95 bits per heavy atom. The number of nitrogens with one attached hydrogen (secondary N) is 1. The lowest BCUT2D eigenvalue weighted by atomic mass is 10.2. The van der Waals surface area contributed by atoms with E-state index in [4.69, 9.17) is 5.11 Å². The van der Waals surface area contributed by atoms with E-state index in [-0.39, 0.29) is 17.3 Å². The number of benzene rings is 1. The molecule has 0 atom stereocenters. The van der Waals surface area contributed by atoms with Crippen molar-refractivity contribution < 1.29 is 19.1 Å². The minimum atomic E-state index is -1.21. The molecule has 2 rings (SSSR count). The van der Waals surface area contributed by atoms with Gasteiger partial charge in [-0.3, -0.25) is 0 Å². The van der Waals surface area contributed by atoms with Gasteiger partial charge in [-0.25, -0.2) is 14.0 Å². The van der Waals surface area contributed by atoms with Gasteiger partial charge in [0.2, 0.25) is 0 Å². The highest BCUT2D eigenvalue weighted by Crippen LogP contribution is 2.17. The molecule has 1 heterocycles. The average molecular weight is 295 g/mol. The second-order valence-electron chi connectivity index (χ2n) is 4.85. The van der Waals surface area contributed by atoms with Crippen LogP contribution in [0.15, 0.2) is 18.2 Å². The molecule has 0 spiro atoms. The monoisotopic (exact) mass is 295 g/mol. The average Bonchev–Trinajstić information content (AvgIpc) is 2.49. The quantitative estimate of drug-likeness (QED) is 0.890. The first-order valence-electron chi connectivity index (χ1n) is 6.82. The number of urea groups is 1. The number of rotatable bonds is 3. The minimum Gasteiger partial charge on any atom is -0.478 e. The molecule has 6 nitrogen and oxygen atoms in total. The Labute approximate surface area is 122 Å². The maximum absolute atomic E-state index is 13.7. The Bertz CT molecular complexity index is 542. The van der Waals surface area contributed by atoms with Crippen LogP contribution in [0, 0.1) is 5.82 Å². The zero-order valence-corrected chi connectivity index (χ0v) is 11.8. The van der Waals surface area contributed by atoms with E-state index >= 15 is 0 Å². The van der Waals surface area contributed by atoms with Crippen molar-refractivity contribution in [1.29, 1.82) is 0 Å². The molecule has 1 aliphatic heterocycles. The van der Waals surface area contributed by atoms with Crippen LogP contribution in [-0.4, -0.2) is 59.6 Å². The Balaban J connectivity index is 1.98. The van der Waals surface area contributed by atoms with Crippen LogP contribution < -0.4 is 5.32 Å². The fraction of sp³-hybridized carbons (Fsp3) is 0.429. The third-order valence-corrected chi connectivity index (χ3v) is 3.56. The van der Waals surface area contributed by atoms with Crippen LogP contribution in [0.25, 0.3) is 0 Å². The third-order valence-electron chi connectivity index (χ3n) is 3.56. The van der Waals surface area contributed by atoms with E-state index in [0.29, 0.717) is 13.1 Å². The van der Waals surface area contributed by atoms with E-state index in [9.17, 15) is 14.0 Å². The number of nitrogens with zero attached hydrogens (tertiary/aromatic N) is 2. The first kappa shape index (κ1) is 15.2. The summed E-state index contributed by atoms with van der Waals surface area (Å²) >= 11 is 0. The Hall–Kier alpha value is -2.15. The van der Waals surface area contributed by atoms with E-state index < -0.39 is 11.8 Å². The fourth-order valence-corrected chi connectivity index (χ4v) is 2.21. The predicted molar refractivity (Wildman–Crippen MR) is 76.1 cm³/mol. The van der Waals surface area contributed by atoms with Crippen molar-refractivity contribution in [2.75, 3.05) is 38.0 Å². The highest BCUT2D eigenvalue weighted by molar-refractivity contribution is 5.91. The summed E-state index contributed by atoms with van der Waals surface area (Å²) < 4.78 is 13.7. The number of anilines is 1. The van der Waals surface area contributed by atoms with Crippen LogP contribution >= 0.6 is 0 Å². The number of carboxylic acid groups (broad SMARTS) is 1. The molecule has 1 aliphatic rings. The summed E-state index contributed by atoms with van der Waals surface area (Å²) in [7, 11) is 0. The molecule has 7 heteroatoms. The molecule has 1 fully saturated rings. The van der Waals surface area contributed by atoms with Gasteiger partial charge in [0.15, 0.2) is 0 Å². The van der Waals surface area contributed by atoms with Gasteiger partial charge in [-0.05, 0) is 24.7 Å². The topological polar surface area (TPSA) is 72.9 Å². The zero-order valence-electron chi connectivity index (χ0n) is 11.8.